The van der Waals surface area contributed by atoms with Gasteiger partial charge in [0.1, 0.15) is 0 Å². The molecule has 0 amide bonds. The van der Waals surface area contributed by atoms with Gasteiger partial charge in [-0.25, -0.2) is 0 Å². The van der Waals surface area contributed by atoms with Crippen LogP contribution < -0.4 is 0 Å². The predicted octanol–water partition coefficient (Wildman–Crippen LogP) is 5.92. The molecule has 0 bridgehead atoms. The molecule has 0 N–H and O–H groups in total. The zero-order chi connectivity index (χ0) is 14.2. The summed E-state index contributed by atoms with van der Waals surface area (Å²) in [6.45, 7) is 2.21. The van der Waals surface area contributed by atoms with Crippen molar-refractivity contribution >= 4 is 10.8 Å². The van der Waals surface area contributed by atoms with Crippen molar-refractivity contribution in [3.8, 4) is 22.3 Å². The van der Waals surface area contributed by atoms with Gasteiger partial charge >= 0.3 is 0 Å². The summed E-state index contributed by atoms with van der Waals surface area (Å²) in [6, 6.07) is 28.2. The van der Waals surface area contributed by atoms with Gasteiger partial charge in [-0.1, -0.05) is 78.9 Å². The molecule has 0 fully saturated rings. The van der Waals surface area contributed by atoms with E-state index in [0.717, 1.165) is 0 Å². The first-order valence-electron chi connectivity index (χ1n) is 7.31. The van der Waals surface area contributed by atoms with Gasteiger partial charge in [0.2, 0.25) is 0 Å². The second kappa shape index (κ2) is 4.75. The Hall–Kier alpha value is -2.60. The number of benzene rings is 2. The molecule has 0 spiro atoms. The summed E-state index contributed by atoms with van der Waals surface area (Å²) in [5.74, 6) is 0. The fourth-order valence-electron chi connectivity index (χ4n) is 3.23. The van der Waals surface area contributed by atoms with E-state index in [2.05, 4.69) is 85.8 Å². The molecule has 0 heteroatoms. The quantitative estimate of drug-likeness (QED) is 0.402. The summed E-state index contributed by atoms with van der Waals surface area (Å²) >= 11 is 0. The zero-order valence-electron chi connectivity index (χ0n) is 12.0. The van der Waals surface area contributed by atoms with Crippen LogP contribution in [0.2, 0.25) is 0 Å². The van der Waals surface area contributed by atoms with E-state index in [1.54, 1.807) is 0 Å². The maximum atomic E-state index is 2.28. The maximum absolute atomic E-state index is 2.28. The molecule has 0 heterocycles. The van der Waals surface area contributed by atoms with Gasteiger partial charge in [-0.2, -0.15) is 0 Å². The molecule has 0 aliphatic heterocycles. The van der Waals surface area contributed by atoms with E-state index in [9.17, 15) is 0 Å². The molecule has 0 aromatic heterocycles. The predicted molar refractivity (Wildman–Crippen MR) is 90.7 cm³/mol. The first kappa shape index (κ1) is 12.2. The van der Waals surface area contributed by atoms with Crippen molar-refractivity contribution in [2.75, 3.05) is 0 Å². The Bertz CT molecular complexity index is 897. The van der Waals surface area contributed by atoms with Crippen molar-refractivity contribution < 1.29 is 0 Å². The third-order valence-corrected chi connectivity index (χ3v) is 4.17. The lowest BCUT2D eigenvalue weighted by Crippen LogP contribution is -1.83. The first-order valence-corrected chi connectivity index (χ1v) is 7.31. The molecule has 0 radical (unpaired) electrons. The molecule has 21 heavy (non-hydrogen) atoms. The normalized spacial score (nSPS) is 11.1. The summed E-state index contributed by atoms with van der Waals surface area (Å²) in [4.78, 5) is 0. The van der Waals surface area contributed by atoms with Crippen LogP contribution in [0.1, 0.15) is 5.56 Å². The summed E-state index contributed by atoms with van der Waals surface area (Å²) in [6.07, 6.45) is 0. The highest BCUT2D eigenvalue weighted by atomic mass is 14.2. The standard InChI is InChI=1S/C21H16/c1-15-14-17-9-3-2-4-12-19(17)21(15)20-13-7-10-16-8-5-6-11-18(16)20/h2-14H,1H3. The molecule has 2 aromatic carbocycles. The van der Waals surface area contributed by atoms with Gasteiger partial charge in [0.05, 0.1) is 0 Å². The number of fused-ring (bicyclic) bond motifs is 2. The lowest BCUT2D eigenvalue weighted by Gasteiger charge is -2.09. The molecule has 2 aromatic rings. The van der Waals surface area contributed by atoms with Crippen LogP contribution in [0.15, 0.2) is 78.9 Å². The van der Waals surface area contributed by atoms with Crippen LogP contribution in [0, 0.1) is 6.92 Å². The van der Waals surface area contributed by atoms with Crippen LogP contribution >= 0.6 is 0 Å². The van der Waals surface area contributed by atoms with Crippen LogP contribution in [-0.2, 0) is 0 Å². The van der Waals surface area contributed by atoms with Crippen LogP contribution in [0.4, 0.5) is 0 Å². The summed E-state index contributed by atoms with van der Waals surface area (Å²) in [5, 5.41) is 2.62. The van der Waals surface area contributed by atoms with Crippen molar-refractivity contribution in [3.63, 3.8) is 0 Å². The van der Waals surface area contributed by atoms with Crippen LogP contribution in [0.25, 0.3) is 33.0 Å². The van der Waals surface area contributed by atoms with E-state index < -0.39 is 0 Å². The Morgan fingerprint density at radius 3 is 2.29 bits per heavy atom. The topological polar surface area (TPSA) is 0 Å². The van der Waals surface area contributed by atoms with Gasteiger partial charge in [0, 0.05) is 0 Å². The number of rotatable bonds is 1. The lowest BCUT2D eigenvalue weighted by molar-refractivity contribution is 1.54. The van der Waals surface area contributed by atoms with E-state index in [1.807, 2.05) is 0 Å². The lowest BCUT2D eigenvalue weighted by atomic mass is 9.95. The molecule has 0 unspecified atom stereocenters. The molecular weight excluding hydrogens is 252 g/mol. The van der Waals surface area contributed by atoms with Gasteiger partial charge < -0.3 is 0 Å². The van der Waals surface area contributed by atoms with Gasteiger partial charge in [0.25, 0.3) is 0 Å². The number of hydrogen-bond donors (Lipinski definition) is 0. The Morgan fingerprint density at radius 2 is 1.33 bits per heavy atom. The first-order chi connectivity index (χ1) is 10.3. The molecular formula is C21H16. The second-order valence-electron chi connectivity index (χ2n) is 5.51. The average molecular weight is 268 g/mol. The monoisotopic (exact) mass is 268 g/mol. The van der Waals surface area contributed by atoms with E-state index in [4.69, 9.17) is 0 Å². The molecule has 2 aliphatic carbocycles. The Kier molecular flexibility index (Phi) is 2.75. The SMILES string of the molecule is Cc1cc2cccccc-2c1-c1cccc2ccccc12. The zero-order valence-corrected chi connectivity index (χ0v) is 12.0. The van der Waals surface area contributed by atoms with Crippen molar-refractivity contribution in [2.24, 2.45) is 0 Å². The van der Waals surface area contributed by atoms with Gasteiger partial charge in [0.15, 0.2) is 0 Å². The van der Waals surface area contributed by atoms with Gasteiger partial charge in [-0.05, 0) is 45.5 Å². The minimum absolute atomic E-state index is 1.30. The van der Waals surface area contributed by atoms with E-state index in [-0.39, 0.29) is 0 Å². The van der Waals surface area contributed by atoms with Crippen LogP contribution in [-0.4, -0.2) is 0 Å². The second-order valence-corrected chi connectivity index (χ2v) is 5.51. The smallest absolute Gasteiger partial charge is 0.00697 e. The third-order valence-electron chi connectivity index (χ3n) is 4.17. The average Bonchev–Trinajstić information content (AvgIpc) is 2.68. The third kappa shape index (κ3) is 1.92. The van der Waals surface area contributed by atoms with Crippen molar-refractivity contribution in [3.05, 3.63) is 84.4 Å². The fraction of sp³-hybridized carbons (Fsp3) is 0.0476. The molecule has 0 nitrogen and oxygen atoms in total. The molecule has 0 saturated carbocycles. The minimum Gasteiger partial charge on any atom is -0.0622 e. The van der Waals surface area contributed by atoms with Crippen molar-refractivity contribution in [2.45, 2.75) is 6.92 Å². The fourth-order valence-corrected chi connectivity index (χ4v) is 3.23. The van der Waals surface area contributed by atoms with Crippen LogP contribution in [0.5, 0.6) is 0 Å². The highest BCUT2D eigenvalue weighted by molar-refractivity contribution is 6.02. The molecule has 100 valence electrons. The highest BCUT2D eigenvalue weighted by Gasteiger charge is 2.15. The molecule has 0 saturated heterocycles. The highest BCUT2D eigenvalue weighted by Crippen LogP contribution is 2.41. The summed E-state index contributed by atoms with van der Waals surface area (Å²) in [7, 11) is 0. The van der Waals surface area contributed by atoms with E-state index in [0.29, 0.717) is 0 Å². The van der Waals surface area contributed by atoms with Gasteiger partial charge in [-0.15, -0.1) is 0 Å². The van der Waals surface area contributed by atoms with Crippen molar-refractivity contribution in [1.29, 1.82) is 0 Å². The summed E-state index contributed by atoms with van der Waals surface area (Å²) in [5.41, 5.74) is 6.66. The van der Waals surface area contributed by atoms with Gasteiger partial charge in [-0.3, -0.25) is 0 Å². The van der Waals surface area contributed by atoms with Crippen LogP contribution in [0.3, 0.4) is 0 Å². The molecule has 2 aliphatic rings. The number of hydrogen-bond acceptors (Lipinski definition) is 0. The van der Waals surface area contributed by atoms with E-state index in [1.165, 1.54) is 38.6 Å². The van der Waals surface area contributed by atoms with Crippen molar-refractivity contribution in [1.82, 2.24) is 0 Å². The molecule has 4 rings (SSSR count). The Labute approximate surface area is 125 Å². The maximum Gasteiger partial charge on any atom is -0.00697 e. The number of aryl methyl sites for hydroxylation is 1. The minimum atomic E-state index is 1.30. The largest absolute Gasteiger partial charge is 0.0622 e. The Balaban J connectivity index is 2.09. The molecule has 0 atom stereocenters. The van der Waals surface area contributed by atoms with E-state index >= 15 is 0 Å². The Morgan fingerprint density at radius 1 is 0.619 bits per heavy atom. The summed E-state index contributed by atoms with van der Waals surface area (Å²) < 4.78 is 0.